The first-order chi connectivity index (χ1) is 18.4. The fourth-order valence-corrected chi connectivity index (χ4v) is 5.13. The number of furan rings is 1. The van der Waals surface area contributed by atoms with E-state index in [1.807, 2.05) is 6.07 Å². The number of ether oxygens (including phenoxy) is 2. The van der Waals surface area contributed by atoms with E-state index in [-0.39, 0.29) is 36.0 Å². The standard InChI is InChI=1S/C29H26N2O7/c1-17-26(29(33)38-16-18-8-10-22(36-2)11-9-18)27(19-5-3-6-21(13-19)31(34)35)28-23(30-17)14-20(15-24(28)32)25-7-4-12-37-25/h3-13,20,27,30H,14-16H2,1-2H3/t20-,27+/m0/s1. The number of benzene rings is 2. The van der Waals surface area contributed by atoms with Crippen molar-refractivity contribution in [1.29, 1.82) is 0 Å². The Kier molecular flexibility index (Phi) is 6.83. The Balaban J connectivity index is 1.51. The summed E-state index contributed by atoms with van der Waals surface area (Å²) in [5.41, 5.74) is 3.02. The number of esters is 1. The maximum Gasteiger partial charge on any atom is 0.337 e. The summed E-state index contributed by atoms with van der Waals surface area (Å²) in [5.74, 6) is -0.307. The van der Waals surface area contributed by atoms with Crippen molar-refractivity contribution in [2.24, 2.45) is 0 Å². The van der Waals surface area contributed by atoms with E-state index in [0.29, 0.717) is 40.5 Å². The maximum absolute atomic E-state index is 13.6. The second-order valence-electron chi connectivity index (χ2n) is 9.31. The molecule has 1 N–H and O–H groups in total. The molecule has 0 saturated heterocycles. The Morgan fingerprint density at radius 3 is 2.61 bits per heavy atom. The molecule has 1 aliphatic carbocycles. The van der Waals surface area contributed by atoms with Gasteiger partial charge in [0.15, 0.2) is 5.78 Å². The zero-order chi connectivity index (χ0) is 26.8. The first kappa shape index (κ1) is 25.0. The van der Waals surface area contributed by atoms with Crippen LogP contribution >= 0.6 is 0 Å². The van der Waals surface area contributed by atoms with Crippen LogP contribution in [0.2, 0.25) is 0 Å². The summed E-state index contributed by atoms with van der Waals surface area (Å²) in [6.07, 6.45) is 2.28. The van der Waals surface area contributed by atoms with Crippen molar-refractivity contribution in [3.05, 3.63) is 116 Å². The number of ketones is 1. The fraction of sp³-hybridized carbons (Fsp3) is 0.241. The molecule has 38 heavy (non-hydrogen) atoms. The molecule has 1 aliphatic heterocycles. The van der Waals surface area contributed by atoms with Crippen LogP contribution in [0.3, 0.4) is 0 Å². The summed E-state index contributed by atoms with van der Waals surface area (Å²) in [7, 11) is 1.57. The maximum atomic E-state index is 13.6. The minimum atomic E-state index is -0.806. The first-order valence-corrected chi connectivity index (χ1v) is 12.2. The Labute approximate surface area is 218 Å². The highest BCUT2D eigenvalue weighted by molar-refractivity contribution is 6.04. The third-order valence-corrected chi connectivity index (χ3v) is 6.94. The zero-order valence-corrected chi connectivity index (χ0v) is 20.9. The lowest BCUT2D eigenvalue weighted by Crippen LogP contribution is -2.36. The molecule has 194 valence electrons. The largest absolute Gasteiger partial charge is 0.497 e. The second-order valence-corrected chi connectivity index (χ2v) is 9.31. The molecule has 2 aromatic carbocycles. The third kappa shape index (κ3) is 4.82. The van der Waals surface area contributed by atoms with E-state index in [1.54, 1.807) is 62.8 Å². The molecule has 5 rings (SSSR count). The summed E-state index contributed by atoms with van der Waals surface area (Å²) in [6, 6.07) is 16.8. The molecule has 2 aliphatic rings. The molecule has 0 unspecified atom stereocenters. The third-order valence-electron chi connectivity index (χ3n) is 6.94. The number of carbonyl (C=O) groups excluding carboxylic acids is 2. The highest BCUT2D eigenvalue weighted by Crippen LogP contribution is 2.46. The molecule has 2 atom stereocenters. The van der Waals surface area contributed by atoms with Crippen LogP contribution in [0, 0.1) is 10.1 Å². The molecule has 0 fully saturated rings. The number of nitrogens with one attached hydrogen (secondary N) is 1. The normalized spacial score (nSPS) is 19.1. The molecule has 0 bridgehead atoms. The fourth-order valence-electron chi connectivity index (χ4n) is 5.13. The smallest absolute Gasteiger partial charge is 0.337 e. The van der Waals surface area contributed by atoms with Gasteiger partial charge in [-0.3, -0.25) is 14.9 Å². The quantitative estimate of drug-likeness (QED) is 0.256. The topological polar surface area (TPSA) is 121 Å². The first-order valence-electron chi connectivity index (χ1n) is 12.2. The van der Waals surface area contributed by atoms with Crippen molar-refractivity contribution in [1.82, 2.24) is 5.32 Å². The van der Waals surface area contributed by atoms with Crippen molar-refractivity contribution in [2.45, 2.75) is 38.2 Å². The van der Waals surface area contributed by atoms with Gasteiger partial charge in [-0.1, -0.05) is 24.3 Å². The number of carbonyl (C=O) groups is 2. The average molecular weight is 515 g/mol. The summed E-state index contributed by atoms with van der Waals surface area (Å²) in [4.78, 5) is 38.1. The number of nitro groups is 1. The molecule has 9 nitrogen and oxygen atoms in total. The summed E-state index contributed by atoms with van der Waals surface area (Å²) in [6.45, 7) is 1.76. The SMILES string of the molecule is COc1ccc(COC(=O)C2=C(C)NC3=C(C(=O)C[C@@H](c4ccco4)C3)[C@@H]2c2cccc([N+](=O)[O-])c2)cc1. The average Bonchev–Trinajstić information content (AvgIpc) is 3.46. The van der Waals surface area contributed by atoms with Gasteiger partial charge >= 0.3 is 5.97 Å². The van der Waals surface area contributed by atoms with Gasteiger partial charge in [0.2, 0.25) is 0 Å². The van der Waals surface area contributed by atoms with Gasteiger partial charge in [0.05, 0.1) is 23.9 Å². The minimum absolute atomic E-state index is 0.0156. The van der Waals surface area contributed by atoms with Crippen LogP contribution in [0.1, 0.15) is 48.5 Å². The summed E-state index contributed by atoms with van der Waals surface area (Å²) >= 11 is 0. The molecule has 9 heteroatoms. The van der Waals surface area contributed by atoms with Crippen LogP contribution in [0.15, 0.2) is 93.9 Å². The number of rotatable bonds is 7. The molecule has 0 amide bonds. The van der Waals surface area contributed by atoms with E-state index in [0.717, 1.165) is 5.56 Å². The van der Waals surface area contributed by atoms with Crippen LogP contribution in [0.25, 0.3) is 0 Å². The van der Waals surface area contributed by atoms with Crippen LogP contribution in [0.5, 0.6) is 5.75 Å². The number of methoxy groups -OCH3 is 1. The van der Waals surface area contributed by atoms with E-state index >= 15 is 0 Å². The zero-order valence-electron chi connectivity index (χ0n) is 20.9. The molecule has 0 radical (unpaired) electrons. The highest BCUT2D eigenvalue weighted by Gasteiger charge is 2.42. The van der Waals surface area contributed by atoms with Crippen LogP contribution in [-0.2, 0) is 20.9 Å². The molecule has 1 aromatic heterocycles. The van der Waals surface area contributed by atoms with Gasteiger partial charge in [0.1, 0.15) is 18.1 Å². The molecular weight excluding hydrogens is 488 g/mol. The van der Waals surface area contributed by atoms with Gasteiger partial charge in [-0.2, -0.15) is 0 Å². The second kappa shape index (κ2) is 10.4. The Hall–Kier alpha value is -4.66. The number of hydrogen-bond acceptors (Lipinski definition) is 8. The van der Waals surface area contributed by atoms with Gasteiger partial charge in [-0.25, -0.2) is 4.79 Å². The Bertz CT molecular complexity index is 1450. The monoisotopic (exact) mass is 514 g/mol. The molecule has 2 heterocycles. The van der Waals surface area contributed by atoms with Gasteiger partial charge in [-0.15, -0.1) is 0 Å². The van der Waals surface area contributed by atoms with Gasteiger partial charge < -0.3 is 19.2 Å². The molecule has 3 aromatic rings. The van der Waals surface area contributed by atoms with E-state index in [9.17, 15) is 19.7 Å². The van der Waals surface area contributed by atoms with Gasteiger partial charge in [-0.05, 0) is 48.7 Å². The van der Waals surface area contributed by atoms with Crippen LogP contribution in [-0.4, -0.2) is 23.8 Å². The van der Waals surface area contributed by atoms with Crippen LogP contribution in [0.4, 0.5) is 5.69 Å². The molecule has 0 spiro atoms. The number of nitro benzene ring substituents is 1. The van der Waals surface area contributed by atoms with Crippen LogP contribution < -0.4 is 10.1 Å². The molecular formula is C29H26N2O7. The van der Waals surface area contributed by atoms with E-state index in [1.165, 1.54) is 12.1 Å². The van der Waals surface area contributed by atoms with Crippen molar-refractivity contribution < 1.29 is 28.4 Å². The number of dihydropyridines is 1. The lowest BCUT2D eigenvalue weighted by molar-refractivity contribution is -0.384. The van der Waals surface area contributed by atoms with Crippen molar-refractivity contribution in [3.63, 3.8) is 0 Å². The Morgan fingerprint density at radius 1 is 1.13 bits per heavy atom. The van der Waals surface area contributed by atoms with Crippen molar-refractivity contribution in [2.75, 3.05) is 7.11 Å². The van der Waals surface area contributed by atoms with E-state index in [4.69, 9.17) is 13.9 Å². The van der Waals surface area contributed by atoms with E-state index in [2.05, 4.69) is 5.32 Å². The number of Topliss-reactive ketones (excluding diaryl/α,β-unsaturated/α-hetero) is 1. The minimum Gasteiger partial charge on any atom is -0.497 e. The lowest BCUT2D eigenvalue weighted by Gasteiger charge is -2.36. The number of hydrogen-bond donors (Lipinski definition) is 1. The predicted molar refractivity (Wildman–Crippen MR) is 137 cm³/mol. The highest BCUT2D eigenvalue weighted by atomic mass is 16.6. The molecule has 0 saturated carbocycles. The number of non-ortho nitro benzene ring substituents is 1. The predicted octanol–water partition coefficient (Wildman–Crippen LogP) is 5.30. The van der Waals surface area contributed by atoms with Crippen molar-refractivity contribution in [3.8, 4) is 5.75 Å². The summed E-state index contributed by atoms with van der Waals surface area (Å²) < 4.78 is 16.4. The lowest BCUT2D eigenvalue weighted by atomic mass is 9.72. The van der Waals surface area contributed by atoms with Gasteiger partial charge in [0.25, 0.3) is 5.69 Å². The Morgan fingerprint density at radius 2 is 1.92 bits per heavy atom. The summed E-state index contributed by atoms with van der Waals surface area (Å²) in [5, 5.41) is 14.8. The van der Waals surface area contributed by atoms with E-state index < -0.39 is 16.8 Å². The van der Waals surface area contributed by atoms with Gasteiger partial charge in [0, 0.05) is 47.4 Å². The number of allylic oxidation sites excluding steroid dienone is 3. The van der Waals surface area contributed by atoms with Crippen molar-refractivity contribution >= 4 is 17.4 Å². The number of nitrogens with zero attached hydrogens (tertiary/aromatic N) is 1.